The van der Waals surface area contributed by atoms with E-state index in [-0.39, 0.29) is 24.3 Å². The molecule has 8 aromatic rings. The highest BCUT2D eigenvalue weighted by atomic mass is 16.5. The lowest BCUT2D eigenvalue weighted by Crippen LogP contribution is -2.29. The van der Waals surface area contributed by atoms with Gasteiger partial charge in [-0.3, -0.25) is 9.59 Å². The minimum Gasteiger partial charge on any atom is -0.494 e. The Hall–Kier alpha value is -8.48. The molecule has 4 aromatic carbocycles. The largest absolute Gasteiger partial charge is 0.494 e. The maximum Gasteiger partial charge on any atom is 0.251 e. The molecule has 0 atom stereocenters. The molecule has 4 heterocycles. The number of para-hydroxylation sites is 2. The Kier molecular flexibility index (Phi) is 16.1. The number of rotatable bonds is 22. The number of amides is 2. The number of methoxy groups -OCH3 is 2. The Balaban J connectivity index is 1.01. The topological polar surface area (TPSA) is 175 Å². The third-order valence-corrected chi connectivity index (χ3v) is 12.9. The summed E-state index contributed by atoms with van der Waals surface area (Å²) in [4.78, 5) is 55.2. The number of fused-ring (bicyclic) bond motifs is 2. The van der Waals surface area contributed by atoms with Crippen molar-refractivity contribution in [1.82, 2.24) is 38.9 Å². The summed E-state index contributed by atoms with van der Waals surface area (Å²) < 4.78 is 16.0. The van der Waals surface area contributed by atoms with Crippen LogP contribution in [0.2, 0.25) is 0 Å². The molecule has 4 aromatic heterocycles. The number of nitrogens with one attached hydrogen (secondary N) is 4. The molecular formula is C56H66N14O4. The van der Waals surface area contributed by atoms with Gasteiger partial charge < -0.3 is 59.5 Å². The average molecular weight is 999 g/mol. The van der Waals surface area contributed by atoms with Gasteiger partial charge in [0.15, 0.2) is 0 Å². The number of carbonyl (C=O) groups excluding carboxylic acids is 2. The molecule has 2 amide bonds. The number of benzene rings is 4. The zero-order chi connectivity index (χ0) is 52.6. The number of nitrogens with zero attached hydrogens (tertiary/aromatic N) is 10. The SMILES string of the molecule is C=C(CCC(=O)Nc1cc(Nc2nccc(-c3cn(C)c4ccccc34)n2)c(OC)cc1N(C)CCN(C)C)C(=O)Nc1cc(Nc2nccc(-c3cn(C)c4ccccc34)n2)c(OC)cc1N(C)CCN(C)C. The van der Waals surface area contributed by atoms with Crippen LogP contribution in [-0.2, 0) is 23.7 Å². The summed E-state index contributed by atoms with van der Waals surface area (Å²) in [5.41, 5.74) is 9.45. The molecule has 18 heteroatoms. The lowest BCUT2D eigenvalue weighted by molar-refractivity contribution is -0.116. The molecule has 0 radical (unpaired) electrons. The summed E-state index contributed by atoms with van der Waals surface area (Å²) in [6.45, 7) is 6.98. The van der Waals surface area contributed by atoms with Gasteiger partial charge in [0.2, 0.25) is 17.8 Å². The van der Waals surface area contributed by atoms with Gasteiger partial charge in [-0.1, -0.05) is 43.0 Å². The minimum absolute atomic E-state index is 0.0204. The predicted molar refractivity (Wildman–Crippen MR) is 300 cm³/mol. The lowest BCUT2D eigenvalue weighted by atomic mass is 10.1. The zero-order valence-electron chi connectivity index (χ0n) is 43.9. The number of anilines is 8. The van der Waals surface area contributed by atoms with Crippen molar-refractivity contribution >= 4 is 79.6 Å². The molecule has 0 aliphatic heterocycles. The Morgan fingerprint density at radius 2 is 1.03 bits per heavy atom. The van der Waals surface area contributed by atoms with E-state index in [1.54, 1.807) is 32.7 Å². The molecular weight excluding hydrogens is 933 g/mol. The summed E-state index contributed by atoms with van der Waals surface area (Å²) in [6.07, 6.45) is 7.60. The summed E-state index contributed by atoms with van der Waals surface area (Å²) >= 11 is 0. The third-order valence-electron chi connectivity index (χ3n) is 12.9. The van der Waals surface area contributed by atoms with Crippen LogP contribution >= 0.6 is 0 Å². The summed E-state index contributed by atoms with van der Waals surface area (Å²) in [5, 5.41) is 15.1. The molecule has 0 aliphatic carbocycles. The molecule has 0 bridgehead atoms. The van der Waals surface area contributed by atoms with E-state index in [1.807, 2.05) is 111 Å². The second-order valence-corrected chi connectivity index (χ2v) is 18.8. The van der Waals surface area contributed by atoms with Gasteiger partial charge in [-0.05, 0) is 71.0 Å². The molecule has 0 spiro atoms. The summed E-state index contributed by atoms with van der Waals surface area (Å²) in [7, 11) is 19.2. The second kappa shape index (κ2) is 22.9. The van der Waals surface area contributed by atoms with Crippen molar-refractivity contribution in [1.29, 1.82) is 0 Å². The Morgan fingerprint density at radius 3 is 1.47 bits per heavy atom. The maximum atomic E-state index is 14.1. The van der Waals surface area contributed by atoms with Gasteiger partial charge in [-0.15, -0.1) is 0 Å². The monoisotopic (exact) mass is 999 g/mol. The van der Waals surface area contributed by atoms with Crippen LogP contribution in [0.5, 0.6) is 11.5 Å². The molecule has 18 nitrogen and oxygen atoms in total. The van der Waals surface area contributed by atoms with Crippen LogP contribution in [-0.4, -0.2) is 133 Å². The molecule has 0 aliphatic rings. The highest BCUT2D eigenvalue weighted by Crippen LogP contribution is 2.40. The second-order valence-electron chi connectivity index (χ2n) is 18.8. The van der Waals surface area contributed by atoms with Crippen molar-refractivity contribution in [3.8, 4) is 34.0 Å². The van der Waals surface area contributed by atoms with E-state index in [0.717, 1.165) is 68.8 Å². The van der Waals surface area contributed by atoms with Crippen LogP contribution in [0.15, 0.2) is 122 Å². The van der Waals surface area contributed by atoms with Gasteiger partial charge in [-0.25, -0.2) is 19.9 Å². The van der Waals surface area contributed by atoms with Crippen LogP contribution in [0.3, 0.4) is 0 Å². The first-order valence-electron chi connectivity index (χ1n) is 24.3. The van der Waals surface area contributed by atoms with E-state index in [0.29, 0.717) is 59.2 Å². The molecule has 4 N–H and O–H groups in total. The smallest absolute Gasteiger partial charge is 0.251 e. The van der Waals surface area contributed by atoms with Gasteiger partial charge in [0, 0.05) is 136 Å². The van der Waals surface area contributed by atoms with Crippen LogP contribution in [0.25, 0.3) is 44.3 Å². The summed E-state index contributed by atoms with van der Waals surface area (Å²) in [6, 6.07) is 27.5. The first kappa shape index (κ1) is 51.9. The fraction of sp³-hybridized carbons (Fsp3) is 0.286. The fourth-order valence-corrected chi connectivity index (χ4v) is 8.72. The van der Waals surface area contributed by atoms with Crippen molar-refractivity contribution in [2.75, 3.05) is 114 Å². The molecule has 0 saturated carbocycles. The normalized spacial score (nSPS) is 11.3. The number of likely N-dealkylation sites (N-methyl/N-ethyl adjacent to an activating group) is 4. The van der Waals surface area contributed by atoms with Gasteiger partial charge >= 0.3 is 0 Å². The predicted octanol–water partition coefficient (Wildman–Crippen LogP) is 9.00. The quantitative estimate of drug-likeness (QED) is 0.0474. The van der Waals surface area contributed by atoms with Crippen molar-refractivity contribution in [2.24, 2.45) is 14.1 Å². The lowest BCUT2D eigenvalue weighted by Gasteiger charge is -2.26. The number of hydrogen-bond donors (Lipinski definition) is 4. The maximum absolute atomic E-state index is 14.1. The van der Waals surface area contributed by atoms with Crippen LogP contribution in [0, 0.1) is 0 Å². The van der Waals surface area contributed by atoms with E-state index in [2.05, 4.69) is 103 Å². The Morgan fingerprint density at radius 1 is 0.581 bits per heavy atom. The number of hydrogen-bond acceptors (Lipinski definition) is 14. The number of ether oxygens (including phenoxy) is 2. The van der Waals surface area contributed by atoms with E-state index < -0.39 is 5.91 Å². The van der Waals surface area contributed by atoms with Crippen molar-refractivity contribution in [3.05, 3.63) is 122 Å². The molecule has 74 heavy (non-hydrogen) atoms. The molecule has 0 saturated heterocycles. The Bertz CT molecular complexity index is 3330. The highest BCUT2D eigenvalue weighted by molar-refractivity contribution is 6.06. The fourth-order valence-electron chi connectivity index (χ4n) is 8.72. The number of aromatic nitrogens is 6. The molecule has 384 valence electrons. The van der Waals surface area contributed by atoms with Crippen LogP contribution < -0.4 is 40.5 Å². The van der Waals surface area contributed by atoms with Crippen LogP contribution in [0.4, 0.5) is 46.0 Å². The zero-order valence-corrected chi connectivity index (χ0v) is 43.9. The van der Waals surface area contributed by atoms with Crippen LogP contribution in [0.1, 0.15) is 12.8 Å². The van der Waals surface area contributed by atoms with Gasteiger partial charge in [-0.2, -0.15) is 0 Å². The van der Waals surface area contributed by atoms with E-state index >= 15 is 0 Å². The van der Waals surface area contributed by atoms with Crippen molar-refractivity contribution in [2.45, 2.75) is 12.8 Å². The van der Waals surface area contributed by atoms with E-state index in [4.69, 9.17) is 19.4 Å². The van der Waals surface area contributed by atoms with E-state index in [1.165, 1.54) is 0 Å². The highest BCUT2D eigenvalue weighted by Gasteiger charge is 2.22. The molecule has 0 unspecified atom stereocenters. The van der Waals surface area contributed by atoms with Gasteiger partial charge in [0.1, 0.15) is 11.5 Å². The number of carbonyl (C=O) groups is 2. The molecule has 8 rings (SSSR count). The van der Waals surface area contributed by atoms with Crippen molar-refractivity contribution < 1.29 is 19.1 Å². The first-order chi connectivity index (χ1) is 35.6. The third kappa shape index (κ3) is 11.9. The number of aryl methyl sites for hydroxylation is 2. The Labute approximate surface area is 432 Å². The minimum atomic E-state index is -0.434. The first-order valence-corrected chi connectivity index (χ1v) is 24.3. The van der Waals surface area contributed by atoms with E-state index in [9.17, 15) is 9.59 Å². The standard InChI is InChI=1S/C56H66N14O4/c1-36(54(72)60-44-31-46(52(74-11)33-50(44)68(7)29-27-66(4)5)64-56-58-25-23-42(62-56)40-35-70(9)48-19-15-13-17-38(40)48)20-21-53(71)59-43-30-45(51(73-10)32-49(43)67(6)28-26-65(2)3)63-55-57-24-22-41(61-55)39-34-69(8)47-18-14-12-16-37(39)47/h12-19,22-25,30-35H,1,20-21,26-29H2,2-11H3,(H,59,71)(H,60,72)(H,57,61,63)(H,58,62,64). The van der Waals surface area contributed by atoms with Gasteiger partial charge in [0.25, 0.3) is 5.91 Å². The molecule has 0 fully saturated rings. The van der Waals surface area contributed by atoms with Gasteiger partial charge in [0.05, 0.1) is 59.7 Å². The average Bonchev–Trinajstić information content (AvgIpc) is 3.92. The van der Waals surface area contributed by atoms with Crippen molar-refractivity contribution in [3.63, 3.8) is 0 Å². The summed E-state index contributed by atoms with van der Waals surface area (Å²) in [5.74, 6) is 1.02.